The number of benzene rings is 3. The average molecular weight is 634 g/mol. The summed E-state index contributed by atoms with van der Waals surface area (Å²) in [6.07, 6.45) is -1.93. The minimum Gasteiger partial charge on any atom is -0.489 e. The predicted molar refractivity (Wildman–Crippen MR) is 172 cm³/mol. The molecular weight excluding hydrogens is 590 g/mol. The number of aliphatic hydroxyl groups is 1. The molecule has 0 aliphatic heterocycles. The summed E-state index contributed by atoms with van der Waals surface area (Å²) in [7, 11) is 1.14. The molecule has 0 fully saturated rings. The third-order valence-corrected chi connectivity index (χ3v) is 6.77. The lowest BCUT2D eigenvalue weighted by Gasteiger charge is -2.27. The van der Waals surface area contributed by atoms with Crippen LogP contribution >= 0.6 is 0 Å². The molecule has 0 aliphatic rings. The number of hydrogen-bond donors (Lipinski definition) is 4. The fraction of sp³-hybridized carbons (Fsp3) is 0.371. The van der Waals surface area contributed by atoms with Crippen molar-refractivity contribution >= 4 is 23.9 Å². The molecule has 0 unspecified atom stereocenters. The van der Waals surface area contributed by atoms with Crippen LogP contribution in [0.25, 0.3) is 0 Å². The highest BCUT2D eigenvalue weighted by atomic mass is 16.6. The van der Waals surface area contributed by atoms with Crippen LogP contribution in [0.4, 0.5) is 4.79 Å². The number of esters is 1. The quantitative estimate of drug-likeness (QED) is 0.197. The number of nitrogens with one attached hydrogen (secondary N) is 3. The average Bonchev–Trinajstić information content (AvgIpc) is 3.02. The highest BCUT2D eigenvalue weighted by molar-refractivity contribution is 5.93. The van der Waals surface area contributed by atoms with Gasteiger partial charge >= 0.3 is 12.1 Å². The first kappa shape index (κ1) is 35.6. The maximum Gasteiger partial charge on any atom is 0.408 e. The van der Waals surface area contributed by atoms with Crippen LogP contribution in [-0.4, -0.2) is 65.9 Å². The first-order valence-corrected chi connectivity index (χ1v) is 15.0. The molecule has 46 heavy (non-hydrogen) atoms. The minimum absolute atomic E-state index is 0.0226. The molecule has 0 spiro atoms. The van der Waals surface area contributed by atoms with Gasteiger partial charge in [-0.3, -0.25) is 9.59 Å². The van der Waals surface area contributed by atoms with Crippen molar-refractivity contribution in [2.45, 2.75) is 77.0 Å². The second-order valence-corrected chi connectivity index (χ2v) is 11.8. The van der Waals surface area contributed by atoms with E-state index in [4.69, 9.17) is 14.2 Å². The Labute approximate surface area is 269 Å². The Balaban J connectivity index is 1.83. The van der Waals surface area contributed by atoms with Crippen LogP contribution in [0.15, 0.2) is 84.9 Å². The third-order valence-electron chi connectivity index (χ3n) is 6.77. The Hall–Kier alpha value is -4.90. The Morgan fingerprint density at radius 2 is 1.22 bits per heavy atom. The molecule has 3 aromatic rings. The van der Waals surface area contributed by atoms with Crippen LogP contribution in [0.3, 0.4) is 0 Å². The molecule has 3 amide bonds. The highest BCUT2D eigenvalue weighted by Crippen LogP contribution is 2.16. The molecular formula is C35H43N3O8. The fourth-order valence-corrected chi connectivity index (χ4v) is 4.45. The van der Waals surface area contributed by atoms with E-state index >= 15 is 0 Å². The Morgan fingerprint density at radius 1 is 0.717 bits per heavy atom. The number of amides is 3. The molecule has 11 nitrogen and oxygen atoms in total. The summed E-state index contributed by atoms with van der Waals surface area (Å²) in [4.78, 5) is 52.2. The van der Waals surface area contributed by atoms with Crippen molar-refractivity contribution in [2.24, 2.45) is 0 Å². The topological polar surface area (TPSA) is 152 Å². The molecule has 3 aromatic carbocycles. The zero-order valence-electron chi connectivity index (χ0n) is 26.8. The second kappa shape index (κ2) is 17.0. The summed E-state index contributed by atoms with van der Waals surface area (Å²) in [6.45, 7) is 6.83. The van der Waals surface area contributed by atoms with Crippen molar-refractivity contribution in [1.29, 1.82) is 0 Å². The maximum atomic E-state index is 13.7. The molecule has 4 atom stereocenters. The number of hydrogen-bond acceptors (Lipinski definition) is 8. The van der Waals surface area contributed by atoms with E-state index in [0.717, 1.165) is 18.2 Å². The van der Waals surface area contributed by atoms with Gasteiger partial charge in [0.1, 0.15) is 30.0 Å². The summed E-state index contributed by atoms with van der Waals surface area (Å²) in [6, 6.07) is 22.1. The van der Waals surface area contributed by atoms with Gasteiger partial charge in [-0.15, -0.1) is 0 Å². The summed E-state index contributed by atoms with van der Waals surface area (Å²) in [5.74, 6) is -1.61. The number of ether oxygens (including phenoxy) is 3. The van der Waals surface area contributed by atoms with Gasteiger partial charge in [0, 0.05) is 12.8 Å². The van der Waals surface area contributed by atoms with Crippen LogP contribution in [0.2, 0.25) is 0 Å². The van der Waals surface area contributed by atoms with Crippen LogP contribution in [0.5, 0.6) is 5.75 Å². The molecule has 0 aliphatic carbocycles. The van der Waals surface area contributed by atoms with Gasteiger partial charge in [-0.05, 0) is 56.5 Å². The van der Waals surface area contributed by atoms with Crippen LogP contribution in [0.1, 0.15) is 44.4 Å². The van der Waals surface area contributed by atoms with Gasteiger partial charge in [-0.1, -0.05) is 72.8 Å². The molecule has 0 aromatic heterocycles. The van der Waals surface area contributed by atoms with Crippen molar-refractivity contribution in [3.8, 4) is 5.75 Å². The van der Waals surface area contributed by atoms with Crippen molar-refractivity contribution in [1.82, 2.24) is 16.0 Å². The van der Waals surface area contributed by atoms with Gasteiger partial charge in [0.2, 0.25) is 11.8 Å². The first-order chi connectivity index (χ1) is 21.8. The second-order valence-electron chi connectivity index (χ2n) is 11.8. The Kier molecular flexibility index (Phi) is 13.1. The molecule has 11 heteroatoms. The smallest absolute Gasteiger partial charge is 0.408 e. The van der Waals surface area contributed by atoms with Gasteiger partial charge in [-0.2, -0.15) is 0 Å². The van der Waals surface area contributed by atoms with E-state index < -0.39 is 53.7 Å². The van der Waals surface area contributed by atoms with E-state index in [1.165, 1.54) is 6.92 Å². The first-order valence-electron chi connectivity index (χ1n) is 15.0. The normalized spacial score (nSPS) is 13.7. The SMILES string of the molecule is COC(=O)[C@@H](NC(=O)[C@@H](Cc1ccc(OCc2ccccc2)cc1)NC(=O)[C@@H](Cc1ccccc1)NC(=O)OC(C)(C)C)[C@H](C)O. The largest absolute Gasteiger partial charge is 0.489 e. The van der Waals surface area contributed by atoms with Gasteiger partial charge < -0.3 is 35.3 Å². The number of carbonyl (C=O) groups is 4. The fourth-order valence-electron chi connectivity index (χ4n) is 4.45. The molecule has 0 radical (unpaired) electrons. The lowest BCUT2D eigenvalue weighted by Crippen LogP contribution is -2.58. The summed E-state index contributed by atoms with van der Waals surface area (Å²) in [5.41, 5.74) is 1.65. The molecule has 3 rings (SSSR count). The molecule has 0 saturated carbocycles. The zero-order valence-corrected chi connectivity index (χ0v) is 26.8. The zero-order chi connectivity index (χ0) is 33.7. The van der Waals surface area contributed by atoms with Crippen LogP contribution in [-0.2, 0) is 43.3 Å². The lowest BCUT2D eigenvalue weighted by atomic mass is 10.0. The van der Waals surface area contributed by atoms with Gasteiger partial charge in [0.15, 0.2) is 6.04 Å². The van der Waals surface area contributed by atoms with Crippen LogP contribution in [0, 0.1) is 0 Å². The Bertz CT molecular complexity index is 1420. The van der Waals surface area contributed by atoms with Crippen molar-refractivity contribution < 1.29 is 38.5 Å². The van der Waals surface area contributed by atoms with E-state index in [9.17, 15) is 24.3 Å². The third kappa shape index (κ3) is 11.9. The molecule has 4 N–H and O–H groups in total. The standard InChI is InChI=1S/C35H43N3O8/c1-23(39)30(33(42)44-5)38-32(41)28(21-25-16-18-27(19-17-25)45-22-26-14-10-7-11-15-26)36-31(40)29(20-24-12-8-6-9-13-24)37-34(43)46-35(2,3)4/h6-19,23,28-30,39H,20-22H2,1-5H3,(H,36,40)(H,37,43)(H,38,41)/t23-,28+,29+,30-/m0/s1. The lowest BCUT2D eigenvalue weighted by molar-refractivity contribution is -0.148. The van der Waals surface area contributed by atoms with Gasteiger partial charge in [0.25, 0.3) is 0 Å². The molecule has 0 heterocycles. The van der Waals surface area contributed by atoms with Gasteiger partial charge in [0.05, 0.1) is 13.2 Å². The maximum absolute atomic E-state index is 13.7. The van der Waals surface area contributed by atoms with E-state index in [1.807, 2.05) is 60.7 Å². The molecule has 0 bridgehead atoms. The number of alkyl carbamates (subject to hydrolysis) is 1. The number of rotatable bonds is 14. The summed E-state index contributed by atoms with van der Waals surface area (Å²) >= 11 is 0. The number of carbonyl (C=O) groups excluding carboxylic acids is 4. The van der Waals surface area contributed by atoms with E-state index in [0.29, 0.717) is 17.9 Å². The van der Waals surface area contributed by atoms with Crippen LogP contribution < -0.4 is 20.7 Å². The predicted octanol–water partition coefficient (Wildman–Crippen LogP) is 3.47. The van der Waals surface area contributed by atoms with Crippen molar-refractivity contribution in [3.63, 3.8) is 0 Å². The highest BCUT2D eigenvalue weighted by Gasteiger charge is 2.33. The molecule has 246 valence electrons. The Morgan fingerprint density at radius 3 is 1.74 bits per heavy atom. The van der Waals surface area contributed by atoms with Gasteiger partial charge in [-0.25, -0.2) is 9.59 Å². The number of methoxy groups -OCH3 is 1. The van der Waals surface area contributed by atoms with Crippen molar-refractivity contribution in [2.75, 3.05) is 7.11 Å². The number of aliphatic hydroxyl groups excluding tert-OH is 1. The van der Waals surface area contributed by atoms with E-state index in [2.05, 4.69) is 16.0 Å². The monoisotopic (exact) mass is 633 g/mol. The minimum atomic E-state index is -1.37. The van der Waals surface area contributed by atoms with Crippen molar-refractivity contribution in [3.05, 3.63) is 102 Å². The summed E-state index contributed by atoms with van der Waals surface area (Å²) < 4.78 is 16.0. The summed E-state index contributed by atoms with van der Waals surface area (Å²) in [5, 5.41) is 18.0. The van der Waals surface area contributed by atoms with E-state index in [1.54, 1.807) is 45.0 Å². The van der Waals surface area contributed by atoms with E-state index in [-0.39, 0.29) is 12.8 Å². The molecule has 0 saturated heterocycles.